The summed E-state index contributed by atoms with van der Waals surface area (Å²) in [7, 11) is 1.25. The van der Waals surface area contributed by atoms with Gasteiger partial charge in [0, 0.05) is 23.3 Å². The third kappa shape index (κ3) is 5.48. The highest BCUT2D eigenvalue weighted by molar-refractivity contribution is 5.95. The van der Waals surface area contributed by atoms with Gasteiger partial charge >= 0.3 is 5.97 Å². The smallest absolute Gasteiger partial charge is 0.328 e. The van der Waals surface area contributed by atoms with Crippen LogP contribution in [0.15, 0.2) is 53.1 Å². The molecule has 9 heteroatoms. The Balaban J connectivity index is 1.64. The van der Waals surface area contributed by atoms with Gasteiger partial charge in [-0.05, 0) is 42.3 Å². The summed E-state index contributed by atoms with van der Waals surface area (Å²) in [4.78, 5) is 24.2. The fraction of sp³-hybridized carbons (Fsp3) is 0.261. The van der Waals surface area contributed by atoms with E-state index in [1.807, 2.05) is 0 Å². The quantitative estimate of drug-likeness (QED) is 0.526. The topological polar surface area (TPSA) is 90.7 Å². The van der Waals surface area contributed by atoms with Crippen molar-refractivity contribution in [3.63, 3.8) is 0 Å². The number of benzene rings is 2. The van der Waals surface area contributed by atoms with Crippen LogP contribution in [0, 0.1) is 17.6 Å². The van der Waals surface area contributed by atoms with Crippen molar-refractivity contribution in [1.82, 2.24) is 10.5 Å². The second-order valence-electron chi connectivity index (χ2n) is 7.34. The number of esters is 1. The van der Waals surface area contributed by atoms with Crippen LogP contribution >= 0.6 is 0 Å². The van der Waals surface area contributed by atoms with Crippen molar-refractivity contribution in [1.29, 1.82) is 0 Å². The number of ether oxygens (including phenoxy) is 2. The SMILES string of the molecule is COC(=O)C(NC(=O)c1cc(-c2ccc(OCc3ccc(F)cc3F)cc2)no1)C(C)C. The van der Waals surface area contributed by atoms with E-state index in [-0.39, 0.29) is 23.8 Å². The molecule has 1 N–H and O–H groups in total. The molecule has 3 aromatic rings. The zero-order valence-electron chi connectivity index (χ0n) is 17.7. The summed E-state index contributed by atoms with van der Waals surface area (Å²) < 4.78 is 42.0. The van der Waals surface area contributed by atoms with Gasteiger partial charge in [0.1, 0.15) is 35.7 Å². The number of nitrogens with one attached hydrogen (secondary N) is 1. The summed E-state index contributed by atoms with van der Waals surface area (Å²) in [5, 5.41) is 6.47. The molecule has 168 valence electrons. The molecule has 0 spiro atoms. The lowest BCUT2D eigenvalue weighted by Gasteiger charge is -2.18. The first kappa shape index (κ1) is 22.9. The predicted molar refractivity (Wildman–Crippen MR) is 111 cm³/mol. The van der Waals surface area contributed by atoms with Crippen LogP contribution in [-0.2, 0) is 16.1 Å². The molecule has 0 saturated heterocycles. The van der Waals surface area contributed by atoms with Gasteiger partial charge in [0.25, 0.3) is 5.91 Å². The van der Waals surface area contributed by atoms with Crippen molar-refractivity contribution in [2.24, 2.45) is 5.92 Å². The molecule has 0 saturated carbocycles. The van der Waals surface area contributed by atoms with Crippen LogP contribution < -0.4 is 10.1 Å². The predicted octanol–water partition coefficient (Wildman–Crippen LogP) is 4.13. The average Bonchev–Trinajstić information content (AvgIpc) is 3.27. The number of aromatic nitrogens is 1. The van der Waals surface area contributed by atoms with Crippen LogP contribution in [-0.4, -0.2) is 30.2 Å². The highest BCUT2D eigenvalue weighted by Gasteiger charge is 2.27. The minimum Gasteiger partial charge on any atom is -0.489 e. The highest BCUT2D eigenvalue weighted by Crippen LogP contribution is 2.23. The number of methoxy groups -OCH3 is 1. The number of carbonyl (C=O) groups excluding carboxylic acids is 2. The molecule has 1 heterocycles. The van der Waals surface area contributed by atoms with E-state index in [1.165, 1.54) is 19.2 Å². The van der Waals surface area contributed by atoms with Crippen LogP contribution in [0.25, 0.3) is 11.3 Å². The number of hydrogen-bond donors (Lipinski definition) is 1. The van der Waals surface area contributed by atoms with E-state index in [0.29, 0.717) is 17.0 Å². The first-order chi connectivity index (χ1) is 15.3. The third-order valence-electron chi connectivity index (χ3n) is 4.70. The molecule has 1 atom stereocenters. The second-order valence-corrected chi connectivity index (χ2v) is 7.34. The number of carbonyl (C=O) groups is 2. The Kier molecular flexibility index (Phi) is 7.19. The van der Waals surface area contributed by atoms with E-state index < -0.39 is 29.6 Å². The minimum absolute atomic E-state index is 0.0540. The van der Waals surface area contributed by atoms with Crippen LogP contribution in [0.3, 0.4) is 0 Å². The van der Waals surface area contributed by atoms with Gasteiger partial charge in [0.2, 0.25) is 5.76 Å². The molecule has 0 aliphatic rings. The van der Waals surface area contributed by atoms with Gasteiger partial charge in [-0.15, -0.1) is 0 Å². The number of halogens is 2. The van der Waals surface area contributed by atoms with Crippen molar-refractivity contribution in [2.45, 2.75) is 26.5 Å². The van der Waals surface area contributed by atoms with Crippen molar-refractivity contribution < 1.29 is 32.4 Å². The number of rotatable bonds is 8. The maximum Gasteiger partial charge on any atom is 0.328 e. The van der Waals surface area contributed by atoms with Gasteiger partial charge in [0.15, 0.2) is 0 Å². The van der Waals surface area contributed by atoms with Gasteiger partial charge < -0.3 is 19.3 Å². The molecular weight excluding hydrogens is 422 g/mol. The van der Waals surface area contributed by atoms with E-state index in [1.54, 1.807) is 38.1 Å². The molecule has 2 aromatic carbocycles. The van der Waals surface area contributed by atoms with Crippen LogP contribution in [0.5, 0.6) is 5.75 Å². The van der Waals surface area contributed by atoms with E-state index in [4.69, 9.17) is 14.0 Å². The lowest BCUT2D eigenvalue weighted by molar-refractivity contribution is -0.144. The van der Waals surface area contributed by atoms with Crippen molar-refractivity contribution >= 4 is 11.9 Å². The Morgan fingerprint density at radius 3 is 2.44 bits per heavy atom. The Morgan fingerprint density at radius 2 is 1.81 bits per heavy atom. The van der Waals surface area contributed by atoms with Gasteiger partial charge in [-0.2, -0.15) is 0 Å². The maximum absolute atomic E-state index is 13.7. The number of nitrogens with zero attached hydrogens (tertiary/aromatic N) is 1. The summed E-state index contributed by atoms with van der Waals surface area (Å²) in [6.07, 6.45) is 0. The van der Waals surface area contributed by atoms with Gasteiger partial charge in [-0.25, -0.2) is 13.6 Å². The molecular formula is C23H22F2N2O5. The summed E-state index contributed by atoms with van der Waals surface area (Å²) >= 11 is 0. The van der Waals surface area contributed by atoms with Crippen LogP contribution in [0.1, 0.15) is 30.0 Å². The molecule has 0 aliphatic heterocycles. The van der Waals surface area contributed by atoms with Crippen molar-refractivity contribution in [3.8, 4) is 17.0 Å². The minimum atomic E-state index is -0.816. The molecule has 0 fully saturated rings. The average molecular weight is 444 g/mol. The Labute approximate surface area is 183 Å². The summed E-state index contributed by atoms with van der Waals surface area (Å²) in [6, 6.07) is 10.6. The third-order valence-corrected chi connectivity index (χ3v) is 4.70. The van der Waals surface area contributed by atoms with E-state index >= 15 is 0 Å². The molecule has 1 unspecified atom stereocenters. The Hall–Kier alpha value is -3.75. The standard InChI is InChI=1S/C23H22F2N2O5/c1-13(2)21(23(29)30-3)26-22(28)20-11-19(27-32-20)14-5-8-17(9-6-14)31-12-15-4-7-16(24)10-18(15)25/h4-11,13,21H,12H2,1-3H3,(H,26,28). The fourth-order valence-electron chi connectivity index (χ4n) is 2.88. The normalized spacial score (nSPS) is 11.8. The molecule has 1 amide bonds. The van der Waals surface area contributed by atoms with E-state index in [0.717, 1.165) is 12.1 Å². The fourth-order valence-corrected chi connectivity index (χ4v) is 2.88. The molecule has 0 bridgehead atoms. The molecule has 3 rings (SSSR count). The van der Waals surface area contributed by atoms with E-state index in [2.05, 4.69) is 10.5 Å². The van der Waals surface area contributed by atoms with Crippen molar-refractivity contribution in [3.05, 3.63) is 71.5 Å². The number of hydrogen-bond acceptors (Lipinski definition) is 6. The lowest BCUT2D eigenvalue weighted by atomic mass is 10.0. The van der Waals surface area contributed by atoms with Gasteiger partial charge in [0.05, 0.1) is 7.11 Å². The lowest BCUT2D eigenvalue weighted by Crippen LogP contribution is -2.44. The Morgan fingerprint density at radius 1 is 1.09 bits per heavy atom. The van der Waals surface area contributed by atoms with E-state index in [9.17, 15) is 18.4 Å². The van der Waals surface area contributed by atoms with Gasteiger partial charge in [-0.3, -0.25) is 4.79 Å². The van der Waals surface area contributed by atoms with Crippen molar-refractivity contribution in [2.75, 3.05) is 7.11 Å². The Bertz CT molecular complexity index is 1100. The zero-order valence-corrected chi connectivity index (χ0v) is 17.7. The molecule has 32 heavy (non-hydrogen) atoms. The highest BCUT2D eigenvalue weighted by atomic mass is 19.1. The first-order valence-corrected chi connectivity index (χ1v) is 9.81. The summed E-state index contributed by atoms with van der Waals surface area (Å²) in [5.74, 6) is -2.23. The molecule has 7 nitrogen and oxygen atoms in total. The maximum atomic E-state index is 13.7. The monoisotopic (exact) mass is 444 g/mol. The molecule has 0 radical (unpaired) electrons. The first-order valence-electron chi connectivity index (χ1n) is 9.81. The van der Waals surface area contributed by atoms with Crippen LogP contribution in [0.2, 0.25) is 0 Å². The molecule has 1 aromatic heterocycles. The second kappa shape index (κ2) is 10.0. The zero-order chi connectivity index (χ0) is 23.3. The van der Waals surface area contributed by atoms with Gasteiger partial charge in [-0.1, -0.05) is 19.0 Å². The van der Waals surface area contributed by atoms with Crippen LogP contribution in [0.4, 0.5) is 8.78 Å². The number of amides is 1. The molecule has 0 aliphatic carbocycles. The largest absolute Gasteiger partial charge is 0.489 e. The summed E-state index contributed by atoms with van der Waals surface area (Å²) in [5.41, 5.74) is 1.29. The summed E-state index contributed by atoms with van der Waals surface area (Å²) in [6.45, 7) is 3.50.